The van der Waals surface area contributed by atoms with Gasteiger partial charge in [-0.15, -0.1) is 6.58 Å². The van der Waals surface area contributed by atoms with Gasteiger partial charge in [-0.05, 0) is 60.4 Å². The summed E-state index contributed by atoms with van der Waals surface area (Å²) in [5.74, 6) is -0.549. The average Bonchev–Trinajstić information content (AvgIpc) is 2.73. The number of nitrogens with one attached hydrogen (secondary N) is 1. The predicted octanol–water partition coefficient (Wildman–Crippen LogP) is 4.47. The summed E-state index contributed by atoms with van der Waals surface area (Å²) in [5, 5.41) is 12.6. The molecule has 0 fully saturated rings. The number of benzene rings is 2. The van der Waals surface area contributed by atoms with Crippen LogP contribution in [0, 0.1) is 18.3 Å². The molecule has 6 nitrogen and oxygen atoms in total. The molecule has 2 aromatic rings. The SMILES string of the molecule is C=CCc1cc(/C=C(/C#N)C(=O)Nc2ccc(C)c(Cl)c2)ccc1OCC(=O)OC. The largest absolute Gasteiger partial charge is 0.482 e. The van der Waals surface area contributed by atoms with Crippen LogP contribution in [0.15, 0.2) is 54.6 Å². The molecule has 1 amide bonds. The third-order valence-electron chi connectivity index (χ3n) is 4.13. The van der Waals surface area contributed by atoms with Gasteiger partial charge in [0.2, 0.25) is 0 Å². The molecule has 0 radical (unpaired) electrons. The van der Waals surface area contributed by atoms with E-state index in [4.69, 9.17) is 16.3 Å². The third kappa shape index (κ3) is 6.23. The topological polar surface area (TPSA) is 88.4 Å². The normalized spacial score (nSPS) is 10.7. The van der Waals surface area contributed by atoms with Gasteiger partial charge in [-0.3, -0.25) is 4.79 Å². The van der Waals surface area contributed by atoms with Gasteiger partial charge in [-0.25, -0.2) is 4.79 Å². The van der Waals surface area contributed by atoms with Gasteiger partial charge in [0, 0.05) is 10.7 Å². The maximum Gasteiger partial charge on any atom is 0.343 e. The molecule has 0 spiro atoms. The summed E-state index contributed by atoms with van der Waals surface area (Å²) >= 11 is 6.08. The minimum Gasteiger partial charge on any atom is -0.482 e. The van der Waals surface area contributed by atoms with Crippen LogP contribution >= 0.6 is 11.6 Å². The first-order valence-corrected chi connectivity index (χ1v) is 9.38. The number of amides is 1. The lowest BCUT2D eigenvalue weighted by molar-refractivity contribution is -0.142. The monoisotopic (exact) mass is 424 g/mol. The summed E-state index contributed by atoms with van der Waals surface area (Å²) in [5.41, 5.74) is 2.70. The summed E-state index contributed by atoms with van der Waals surface area (Å²) in [7, 11) is 1.28. The Bertz CT molecular complexity index is 1040. The number of anilines is 1. The first-order chi connectivity index (χ1) is 14.4. The fourth-order valence-electron chi connectivity index (χ4n) is 2.52. The van der Waals surface area contributed by atoms with Crippen molar-refractivity contribution in [3.05, 3.63) is 76.3 Å². The number of allylic oxidation sites excluding steroid dienone is 1. The van der Waals surface area contributed by atoms with Gasteiger partial charge in [0.25, 0.3) is 5.91 Å². The predicted molar refractivity (Wildman–Crippen MR) is 116 cm³/mol. The smallest absolute Gasteiger partial charge is 0.343 e. The van der Waals surface area contributed by atoms with Crippen LogP contribution in [0.2, 0.25) is 5.02 Å². The lowest BCUT2D eigenvalue weighted by Crippen LogP contribution is -2.14. The minimum absolute atomic E-state index is 0.0699. The van der Waals surface area contributed by atoms with E-state index in [-0.39, 0.29) is 12.2 Å². The van der Waals surface area contributed by atoms with Crippen LogP contribution in [0.5, 0.6) is 5.75 Å². The van der Waals surface area contributed by atoms with Gasteiger partial charge in [0.15, 0.2) is 6.61 Å². The van der Waals surface area contributed by atoms with Gasteiger partial charge >= 0.3 is 5.97 Å². The number of esters is 1. The van der Waals surface area contributed by atoms with E-state index >= 15 is 0 Å². The van der Waals surface area contributed by atoms with Crippen LogP contribution in [-0.4, -0.2) is 25.6 Å². The third-order valence-corrected chi connectivity index (χ3v) is 4.53. The molecule has 0 aromatic heterocycles. The molecular formula is C23H21ClN2O4. The van der Waals surface area contributed by atoms with Crippen molar-refractivity contribution in [1.82, 2.24) is 0 Å². The number of carbonyl (C=O) groups excluding carboxylic acids is 2. The lowest BCUT2D eigenvalue weighted by atomic mass is 10.0. The van der Waals surface area contributed by atoms with Crippen molar-refractivity contribution in [3.8, 4) is 11.8 Å². The summed E-state index contributed by atoms with van der Waals surface area (Å²) in [6.45, 7) is 5.35. The highest BCUT2D eigenvalue weighted by Crippen LogP contribution is 2.24. The number of nitriles is 1. The van der Waals surface area contributed by atoms with Gasteiger partial charge in [-0.1, -0.05) is 29.8 Å². The van der Waals surface area contributed by atoms with Crippen LogP contribution in [-0.2, 0) is 20.7 Å². The van der Waals surface area contributed by atoms with Gasteiger partial charge < -0.3 is 14.8 Å². The molecule has 0 heterocycles. The number of hydrogen-bond donors (Lipinski definition) is 1. The summed E-state index contributed by atoms with van der Waals surface area (Å²) < 4.78 is 10.0. The number of carbonyl (C=O) groups is 2. The zero-order valence-electron chi connectivity index (χ0n) is 16.7. The molecule has 2 aromatic carbocycles. The van der Waals surface area contributed by atoms with E-state index in [1.807, 2.05) is 13.0 Å². The number of halogens is 1. The molecule has 0 aliphatic heterocycles. The van der Waals surface area contributed by atoms with Crippen molar-refractivity contribution < 1.29 is 19.1 Å². The first-order valence-electron chi connectivity index (χ1n) is 9.00. The van der Waals surface area contributed by atoms with E-state index in [0.717, 1.165) is 11.1 Å². The van der Waals surface area contributed by atoms with E-state index in [9.17, 15) is 14.9 Å². The highest BCUT2D eigenvalue weighted by molar-refractivity contribution is 6.31. The van der Waals surface area contributed by atoms with E-state index < -0.39 is 11.9 Å². The number of aryl methyl sites for hydroxylation is 1. The van der Waals surface area contributed by atoms with Crippen LogP contribution < -0.4 is 10.1 Å². The Kier molecular flexibility index (Phi) is 8.21. The number of methoxy groups -OCH3 is 1. The standard InChI is InChI=1S/C23H21ClN2O4/c1-4-5-17-10-16(7-9-21(17)30-14-22(27)29-3)11-18(13-25)23(28)26-19-8-6-15(2)20(24)12-19/h4,6-12H,1,5,14H2,2-3H3,(H,26,28)/b18-11-. The zero-order chi connectivity index (χ0) is 22.1. The number of rotatable bonds is 8. The summed E-state index contributed by atoms with van der Waals surface area (Å²) in [4.78, 5) is 23.8. The van der Waals surface area contributed by atoms with Crippen LogP contribution in [0.3, 0.4) is 0 Å². The molecule has 1 N–H and O–H groups in total. The molecule has 0 atom stereocenters. The lowest BCUT2D eigenvalue weighted by Gasteiger charge is -2.11. The minimum atomic E-state index is -0.547. The maximum absolute atomic E-state index is 12.5. The Morgan fingerprint density at radius 1 is 1.27 bits per heavy atom. The Morgan fingerprint density at radius 3 is 2.67 bits per heavy atom. The van der Waals surface area contributed by atoms with Crippen LogP contribution in [0.4, 0.5) is 5.69 Å². The zero-order valence-corrected chi connectivity index (χ0v) is 17.5. The second kappa shape index (κ2) is 10.8. The second-order valence-electron chi connectivity index (χ2n) is 6.31. The maximum atomic E-state index is 12.5. The number of hydrogen-bond acceptors (Lipinski definition) is 5. The Balaban J connectivity index is 2.24. The fraction of sp³-hybridized carbons (Fsp3) is 0.174. The number of ether oxygens (including phenoxy) is 2. The van der Waals surface area contributed by atoms with Crippen molar-refractivity contribution in [3.63, 3.8) is 0 Å². The average molecular weight is 425 g/mol. The van der Waals surface area contributed by atoms with Crippen molar-refractivity contribution in [2.24, 2.45) is 0 Å². The van der Waals surface area contributed by atoms with E-state index in [0.29, 0.717) is 28.4 Å². The second-order valence-corrected chi connectivity index (χ2v) is 6.72. The molecule has 30 heavy (non-hydrogen) atoms. The molecule has 0 saturated heterocycles. The first kappa shape index (κ1) is 22.7. The highest BCUT2D eigenvalue weighted by atomic mass is 35.5. The van der Waals surface area contributed by atoms with Gasteiger partial charge in [-0.2, -0.15) is 5.26 Å². The van der Waals surface area contributed by atoms with Crippen molar-refractivity contribution >= 4 is 35.2 Å². The molecule has 0 bridgehead atoms. The number of nitrogens with zero attached hydrogens (tertiary/aromatic N) is 1. The van der Waals surface area contributed by atoms with Crippen molar-refractivity contribution in [2.75, 3.05) is 19.0 Å². The summed E-state index contributed by atoms with van der Waals surface area (Å²) in [6, 6.07) is 12.1. The van der Waals surface area contributed by atoms with E-state index in [1.165, 1.54) is 13.2 Å². The Morgan fingerprint density at radius 2 is 2.03 bits per heavy atom. The van der Waals surface area contributed by atoms with Crippen LogP contribution in [0.25, 0.3) is 6.08 Å². The molecule has 7 heteroatoms. The van der Waals surface area contributed by atoms with Gasteiger partial charge in [0.05, 0.1) is 7.11 Å². The molecule has 0 unspecified atom stereocenters. The molecule has 0 saturated carbocycles. The quantitative estimate of drug-likeness (QED) is 0.292. The summed E-state index contributed by atoms with van der Waals surface area (Å²) in [6.07, 6.45) is 3.64. The molecule has 2 rings (SSSR count). The Labute approximate surface area is 180 Å². The molecular weight excluding hydrogens is 404 g/mol. The molecule has 154 valence electrons. The Hall–Kier alpha value is -3.56. The van der Waals surface area contributed by atoms with Gasteiger partial charge in [0.1, 0.15) is 17.4 Å². The van der Waals surface area contributed by atoms with Crippen molar-refractivity contribution in [2.45, 2.75) is 13.3 Å². The van der Waals surface area contributed by atoms with Crippen LogP contribution in [0.1, 0.15) is 16.7 Å². The van der Waals surface area contributed by atoms with E-state index in [2.05, 4.69) is 16.6 Å². The fourth-order valence-corrected chi connectivity index (χ4v) is 2.71. The van der Waals surface area contributed by atoms with Crippen molar-refractivity contribution in [1.29, 1.82) is 5.26 Å². The molecule has 0 aliphatic rings. The molecule has 0 aliphatic carbocycles. The van der Waals surface area contributed by atoms with E-state index in [1.54, 1.807) is 42.5 Å². The highest BCUT2D eigenvalue weighted by Gasteiger charge is 2.12.